The third-order valence-electron chi connectivity index (χ3n) is 2.77. The predicted molar refractivity (Wildman–Crippen MR) is 80.1 cm³/mol. The van der Waals surface area contributed by atoms with Gasteiger partial charge >= 0.3 is 0 Å². The summed E-state index contributed by atoms with van der Waals surface area (Å²) < 4.78 is 0. The van der Waals surface area contributed by atoms with Crippen LogP contribution in [-0.4, -0.2) is 17.3 Å². The number of hydrogen-bond acceptors (Lipinski definition) is 3. The molecule has 0 fully saturated rings. The van der Waals surface area contributed by atoms with E-state index in [1.54, 1.807) is 0 Å². The molecule has 18 heavy (non-hydrogen) atoms. The van der Waals surface area contributed by atoms with Crippen LogP contribution >= 0.6 is 11.8 Å². The van der Waals surface area contributed by atoms with Crippen LogP contribution in [0.25, 0.3) is 10.9 Å². The minimum absolute atomic E-state index is 0.903. The summed E-state index contributed by atoms with van der Waals surface area (Å²) in [6.07, 6.45) is 1.18. The molecule has 1 aromatic heterocycles. The van der Waals surface area contributed by atoms with Crippen molar-refractivity contribution in [2.75, 3.05) is 12.3 Å². The molecule has 0 amide bonds. The monoisotopic (exact) mass is 260 g/mol. The van der Waals surface area contributed by atoms with Gasteiger partial charge in [-0.15, -0.1) is 11.8 Å². The molecule has 0 aliphatic heterocycles. The highest BCUT2D eigenvalue weighted by atomic mass is 32.2. The molecule has 1 N–H and O–H groups in total. The quantitative estimate of drug-likeness (QED) is 0.799. The Balaban J connectivity index is 2.35. The van der Waals surface area contributed by atoms with Crippen LogP contribution in [0.1, 0.15) is 25.8 Å². The van der Waals surface area contributed by atoms with Gasteiger partial charge in [-0.05, 0) is 36.4 Å². The van der Waals surface area contributed by atoms with Crippen molar-refractivity contribution >= 4 is 22.7 Å². The van der Waals surface area contributed by atoms with Gasteiger partial charge in [0, 0.05) is 11.9 Å². The van der Waals surface area contributed by atoms with Gasteiger partial charge in [-0.3, -0.25) is 0 Å². The molecule has 0 aliphatic carbocycles. The van der Waals surface area contributed by atoms with Gasteiger partial charge < -0.3 is 5.32 Å². The summed E-state index contributed by atoms with van der Waals surface area (Å²) in [6.45, 7) is 6.23. The largest absolute Gasteiger partial charge is 0.313 e. The van der Waals surface area contributed by atoms with Crippen molar-refractivity contribution in [2.45, 2.75) is 31.8 Å². The van der Waals surface area contributed by atoms with Gasteiger partial charge in [-0.2, -0.15) is 0 Å². The van der Waals surface area contributed by atoms with Gasteiger partial charge in [0.15, 0.2) is 0 Å². The Morgan fingerprint density at radius 1 is 1.22 bits per heavy atom. The van der Waals surface area contributed by atoms with Crippen molar-refractivity contribution < 1.29 is 0 Å². The number of nitrogens with one attached hydrogen (secondary N) is 1. The van der Waals surface area contributed by atoms with Gasteiger partial charge in [0.1, 0.15) is 5.03 Å². The Bertz CT molecular complexity index is 464. The second-order valence-corrected chi connectivity index (χ2v) is 5.36. The maximum Gasteiger partial charge on any atom is 0.101 e. The van der Waals surface area contributed by atoms with Crippen LogP contribution in [0, 0.1) is 0 Å². The molecule has 1 heterocycles. The van der Waals surface area contributed by atoms with Gasteiger partial charge in [-0.1, -0.05) is 32.0 Å². The molecular formula is C15H20N2S. The molecule has 1 aromatic carbocycles. The Hall–Kier alpha value is -1.06. The van der Waals surface area contributed by atoms with Crippen molar-refractivity contribution in [2.24, 2.45) is 0 Å². The molecule has 0 bridgehead atoms. The van der Waals surface area contributed by atoms with E-state index in [1.165, 1.54) is 22.4 Å². The maximum absolute atomic E-state index is 4.79. The molecule has 0 radical (unpaired) electrons. The van der Waals surface area contributed by atoms with Crippen LogP contribution in [0.4, 0.5) is 0 Å². The first-order chi connectivity index (χ1) is 8.85. The number of hydrogen-bond donors (Lipinski definition) is 1. The van der Waals surface area contributed by atoms with E-state index in [-0.39, 0.29) is 0 Å². The van der Waals surface area contributed by atoms with Crippen LogP contribution in [0.3, 0.4) is 0 Å². The summed E-state index contributed by atoms with van der Waals surface area (Å²) in [5, 5.41) is 5.80. The lowest BCUT2D eigenvalue weighted by atomic mass is 10.1. The number of thioether (sulfide) groups is 1. The van der Waals surface area contributed by atoms with E-state index in [0.29, 0.717) is 0 Å². The third kappa shape index (κ3) is 3.24. The lowest BCUT2D eigenvalue weighted by Gasteiger charge is -2.10. The normalized spacial score (nSPS) is 11.0. The van der Waals surface area contributed by atoms with E-state index in [2.05, 4.69) is 43.4 Å². The molecule has 0 spiro atoms. The van der Waals surface area contributed by atoms with Crippen molar-refractivity contribution in [3.63, 3.8) is 0 Å². The van der Waals surface area contributed by atoms with E-state index in [9.17, 15) is 0 Å². The summed E-state index contributed by atoms with van der Waals surface area (Å²) in [7, 11) is 0. The number of para-hydroxylation sites is 1. The number of aromatic nitrogens is 1. The van der Waals surface area contributed by atoms with Crippen LogP contribution in [0.15, 0.2) is 35.4 Å². The Labute approximate surface area is 113 Å². The molecule has 96 valence electrons. The average Bonchev–Trinajstić information content (AvgIpc) is 2.42. The van der Waals surface area contributed by atoms with E-state index in [4.69, 9.17) is 4.98 Å². The maximum atomic E-state index is 4.79. The van der Waals surface area contributed by atoms with Gasteiger partial charge in [-0.25, -0.2) is 4.98 Å². The lowest BCUT2D eigenvalue weighted by molar-refractivity contribution is 0.713. The lowest BCUT2D eigenvalue weighted by Crippen LogP contribution is -2.13. The highest BCUT2D eigenvalue weighted by Crippen LogP contribution is 2.25. The molecule has 3 heteroatoms. The van der Waals surface area contributed by atoms with Crippen LogP contribution in [0.2, 0.25) is 0 Å². The van der Waals surface area contributed by atoms with Crippen LogP contribution in [-0.2, 0) is 6.54 Å². The smallest absolute Gasteiger partial charge is 0.101 e. The van der Waals surface area contributed by atoms with Gasteiger partial charge in [0.2, 0.25) is 0 Å². The highest BCUT2D eigenvalue weighted by molar-refractivity contribution is 7.99. The van der Waals surface area contributed by atoms with Crippen molar-refractivity contribution in [3.8, 4) is 0 Å². The number of rotatable bonds is 6. The fourth-order valence-corrected chi connectivity index (χ4v) is 2.73. The third-order valence-corrected chi connectivity index (χ3v) is 4.01. The summed E-state index contributed by atoms with van der Waals surface area (Å²) in [5.74, 6) is 1.13. The van der Waals surface area contributed by atoms with Crippen LogP contribution in [0.5, 0.6) is 0 Å². The van der Waals surface area contributed by atoms with E-state index >= 15 is 0 Å². The molecular weight excluding hydrogens is 240 g/mol. The van der Waals surface area contributed by atoms with E-state index in [1.807, 2.05) is 17.8 Å². The number of benzene rings is 1. The predicted octanol–water partition coefficient (Wildman–Crippen LogP) is 3.85. The molecule has 0 saturated carbocycles. The summed E-state index contributed by atoms with van der Waals surface area (Å²) in [6, 6.07) is 10.6. The van der Waals surface area contributed by atoms with Crippen molar-refractivity contribution in [1.82, 2.24) is 10.3 Å². The zero-order chi connectivity index (χ0) is 12.8. The minimum atomic E-state index is 0.903. The fraction of sp³-hybridized carbons (Fsp3) is 0.400. The number of pyridine rings is 1. The van der Waals surface area contributed by atoms with E-state index in [0.717, 1.165) is 24.4 Å². The molecule has 0 aliphatic rings. The Morgan fingerprint density at radius 2 is 2.06 bits per heavy atom. The Morgan fingerprint density at radius 3 is 2.83 bits per heavy atom. The highest BCUT2D eigenvalue weighted by Gasteiger charge is 2.06. The first kappa shape index (κ1) is 13.4. The fourth-order valence-electron chi connectivity index (χ4n) is 1.85. The topological polar surface area (TPSA) is 24.9 Å². The number of fused-ring (bicyclic) bond motifs is 1. The van der Waals surface area contributed by atoms with Gasteiger partial charge in [0.05, 0.1) is 5.52 Å². The molecule has 2 nitrogen and oxygen atoms in total. The summed E-state index contributed by atoms with van der Waals surface area (Å²) in [4.78, 5) is 4.79. The first-order valence-corrected chi connectivity index (χ1v) is 7.56. The molecule has 0 saturated heterocycles. The molecule has 2 rings (SSSR count). The summed E-state index contributed by atoms with van der Waals surface area (Å²) >= 11 is 1.86. The SMILES string of the molecule is CCCSc1nc2ccccc2cc1CNCC. The Kier molecular flexibility index (Phi) is 5.02. The van der Waals surface area contributed by atoms with Gasteiger partial charge in [0.25, 0.3) is 0 Å². The minimum Gasteiger partial charge on any atom is -0.313 e. The second-order valence-electron chi connectivity index (χ2n) is 4.27. The average molecular weight is 260 g/mol. The summed E-state index contributed by atoms with van der Waals surface area (Å²) in [5.41, 5.74) is 2.41. The standard InChI is InChI=1S/C15H20N2S/c1-3-9-18-15-13(11-16-4-2)10-12-7-5-6-8-14(12)17-15/h5-8,10,16H,3-4,9,11H2,1-2H3. The number of nitrogens with zero attached hydrogens (tertiary/aromatic N) is 1. The van der Waals surface area contributed by atoms with E-state index < -0.39 is 0 Å². The van der Waals surface area contributed by atoms with Crippen molar-refractivity contribution in [1.29, 1.82) is 0 Å². The van der Waals surface area contributed by atoms with Crippen molar-refractivity contribution in [3.05, 3.63) is 35.9 Å². The zero-order valence-corrected chi connectivity index (χ0v) is 11.9. The zero-order valence-electron chi connectivity index (χ0n) is 11.1. The first-order valence-electron chi connectivity index (χ1n) is 6.57. The second kappa shape index (κ2) is 6.76. The molecule has 2 aromatic rings. The molecule has 0 unspecified atom stereocenters. The molecule has 0 atom stereocenters. The van der Waals surface area contributed by atoms with Crippen LogP contribution < -0.4 is 5.32 Å².